The second kappa shape index (κ2) is 7.49. The number of amides is 1. The number of carbonyl (C=O) groups excluding carboxylic acids is 1. The number of hydrogen-bond acceptors (Lipinski definition) is 3. The normalized spacial score (nSPS) is 11.0. The number of halogens is 2. The van der Waals surface area contributed by atoms with E-state index in [1.165, 1.54) is 6.21 Å². The summed E-state index contributed by atoms with van der Waals surface area (Å²) in [5.74, 6) is -0.168. The van der Waals surface area contributed by atoms with Gasteiger partial charge in [-0.15, -0.1) is 0 Å². The maximum atomic E-state index is 12.3. The van der Waals surface area contributed by atoms with Gasteiger partial charge in [0.05, 0.1) is 6.21 Å². The SMILES string of the molecule is Cc1cc(/C=N\NC(=O)c2ccccc2)cc(C)c1OC(F)F. The third-order valence-corrected chi connectivity index (χ3v) is 3.11. The van der Waals surface area contributed by atoms with E-state index >= 15 is 0 Å². The largest absolute Gasteiger partial charge is 0.434 e. The molecule has 0 fully saturated rings. The van der Waals surface area contributed by atoms with Crippen LogP contribution in [0.3, 0.4) is 0 Å². The van der Waals surface area contributed by atoms with Crippen LogP contribution in [0.25, 0.3) is 0 Å². The molecular weight excluding hydrogens is 302 g/mol. The number of benzene rings is 2. The van der Waals surface area contributed by atoms with Crippen LogP contribution in [0.5, 0.6) is 5.75 Å². The Morgan fingerprint density at radius 3 is 2.35 bits per heavy atom. The van der Waals surface area contributed by atoms with Crippen molar-refractivity contribution in [2.75, 3.05) is 0 Å². The maximum Gasteiger partial charge on any atom is 0.387 e. The minimum Gasteiger partial charge on any atom is -0.434 e. The summed E-state index contributed by atoms with van der Waals surface area (Å²) >= 11 is 0. The van der Waals surface area contributed by atoms with Crippen LogP contribution in [0.15, 0.2) is 47.6 Å². The fourth-order valence-electron chi connectivity index (χ4n) is 2.15. The smallest absolute Gasteiger partial charge is 0.387 e. The van der Waals surface area contributed by atoms with Crippen molar-refractivity contribution in [1.29, 1.82) is 0 Å². The molecule has 2 rings (SSSR count). The summed E-state index contributed by atoms with van der Waals surface area (Å²) in [6, 6.07) is 12.0. The molecule has 0 aromatic heterocycles. The average molecular weight is 318 g/mol. The molecule has 23 heavy (non-hydrogen) atoms. The van der Waals surface area contributed by atoms with Crippen LogP contribution in [0.1, 0.15) is 27.0 Å². The Morgan fingerprint density at radius 1 is 1.17 bits per heavy atom. The first kappa shape index (κ1) is 16.6. The van der Waals surface area contributed by atoms with Gasteiger partial charge in [0.1, 0.15) is 5.75 Å². The van der Waals surface area contributed by atoms with E-state index in [1.807, 2.05) is 6.07 Å². The van der Waals surface area contributed by atoms with Crippen LogP contribution in [0.2, 0.25) is 0 Å². The van der Waals surface area contributed by atoms with Crippen molar-refractivity contribution in [1.82, 2.24) is 5.43 Å². The number of hydrazone groups is 1. The second-order valence-electron chi connectivity index (χ2n) is 4.93. The molecule has 120 valence electrons. The molecule has 0 spiro atoms. The molecule has 0 saturated heterocycles. The van der Waals surface area contributed by atoms with E-state index in [-0.39, 0.29) is 11.7 Å². The van der Waals surface area contributed by atoms with E-state index in [0.717, 1.165) is 0 Å². The molecule has 0 aliphatic heterocycles. The van der Waals surface area contributed by atoms with E-state index in [1.54, 1.807) is 50.2 Å². The van der Waals surface area contributed by atoms with Gasteiger partial charge >= 0.3 is 6.61 Å². The topological polar surface area (TPSA) is 50.7 Å². The van der Waals surface area contributed by atoms with Gasteiger partial charge in [0, 0.05) is 5.56 Å². The van der Waals surface area contributed by atoms with Gasteiger partial charge in [0.2, 0.25) is 0 Å². The van der Waals surface area contributed by atoms with Crippen molar-refractivity contribution in [2.24, 2.45) is 5.10 Å². The first-order valence-corrected chi connectivity index (χ1v) is 6.92. The number of ether oxygens (including phenoxy) is 1. The fourth-order valence-corrected chi connectivity index (χ4v) is 2.15. The molecule has 0 unspecified atom stereocenters. The lowest BCUT2D eigenvalue weighted by Crippen LogP contribution is -2.17. The first-order chi connectivity index (χ1) is 11.0. The number of carbonyl (C=O) groups is 1. The Kier molecular flexibility index (Phi) is 5.41. The van der Waals surface area contributed by atoms with Gasteiger partial charge in [0.25, 0.3) is 5.91 Å². The van der Waals surface area contributed by atoms with Crippen molar-refractivity contribution in [2.45, 2.75) is 20.5 Å². The predicted octanol–water partition coefficient (Wildman–Crippen LogP) is 3.67. The van der Waals surface area contributed by atoms with Crippen molar-refractivity contribution in [3.05, 3.63) is 64.7 Å². The van der Waals surface area contributed by atoms with E-state index in [0.29, 0.717) is 22.3 Å². The van der Waals surface area contributed by atoms with Crippen LogP contribution < -0.4 is 10.2 Å². The summed E-state index contributed by atoms with van der Waals surface area (Å²) < 4.78 is 29.2. The number of alkyl halides is 2. The lowest BCUT2D eigenvalue weighted by atomic mass is 10.1. The number of rotatable bonds is 5. The molecule has 0 atom stereocenters. The molecule has 0 heterocycles. The Labute approximate surface area is 132 Å². The van der Waals surface area contributed by atoms with Crippen LogP contribution in [0, 0.1) is 13.8 Å². The lowest BCUT2D eigenvalue weighted by molar-refractivity contribution is -0.0507. The monoisotopic (exact) mass is 318 g/mol. The molecule has 0 radical (unpaired) electrons. The molecule has 2 aromatic rings. The molecule has 1 amide bonds. The van der Waals surface area contributed by atoms with Gasteiger partial charge in [-0.3, -0.25) is 4.79 Å². The van der Waals surface area contributed by atoms with Gasteiger partial charge in [-0.1, -0.05) is 18.2 Å². The third-order valence-electron chi connectivity index (χ3n) is 3.11. The molecular formula is C17H16F2N2O2. The zero-order chi connectivity index (χ0) is 16.8. The van der Waals surface area contributed by atoms with Crippen LogP contribution in [-0.4, -0.2) is 18.7 Å². The van der Waals surface area contributed by atoms with E-state index in [4.69, 9.17) is 0 Å². The molecule has 1 N–H and O–H groups in total. The van der Waals surface area contributed by atoms with Gasteiger partial charge in [0.15, 0.2) is 0 Å². The first-order valence-electron chi connectivity index (χ1n) is 6.92. The Balaban J connectivity index is 2.07. The lowest BCUT2D eigenvalue weighted by Gasteiger charge is -2.11. The quantitative estimate of drug-likeness (QED) is 0.675. The Bertz CT molecular complexity index is 693. The van der Waals surface area contributed by atoms with Crippen molar-refractivity contribution < 1.29 is 18.3 Å². The Hall–Kier alpha value is -2.76. The summed E-state index contributed by atoms with van der Waals surface area (Å²) in [7, 11) is 0. The van der Waals surface area contributed by atoms with Crippen LogP contribution >= 0.6 is 0 Å². The van der Waals surface area contributed by atoms with Crippen molar-refractivity contribution in [3.63, 3.8) is 0 Å². The summed E-state index contributed by atoms with van der Waals surface area (Å²) in [5.41, 5.74) is 4.73. The van der Waals surface area contributed by atoms with Crippen LogP contribution in [-0.2, 0) is 0 Å². The summed E-state index contributed by atoms with van der Waals surface area (Å²) in [4.78, 5) is 11.8. The fraction of sp³-hybridized carbons (Fsp3) is 0.176. The standard InChI is InChI=1S/C17H16F2N2O2/c1-11-8-13(9-12(2)15(11)23-17(18)19)10-20-21-16(22)14-6-4-3-5-7-14/h3-10,17H,1-2H3,(H,21,22)/b20-10-. The highest BCUT2D eigenvalue weighted by Gasteiger charge is 2.11. The Morgan fingerprint density at radius 2 is 1.78 bits per heavy atom. The minimum absolute atomic E-state index is 0.158. The van der Waals surface area contributed by atoms with Gasteiger partial charge in [-0.25, -0.2) is 5.43 Å². The van der Waals surface area contributed by atoms with Crippen molar-refractivity contribution in [3.8, 4) is 5.75 Å². The summed E-state index contributed by atoms with van der Waals surface area (Å²) in [6.07, 6.45) is 1.45. The molecule has 0 saturated carbocycles. The zero-order valence-electron chi connectivity index (χ0n) is 12.7. The molecule has 0 aliphatic rings. The minimum atomic E-state index is -2.86. The highest BCUT2D eigenvalue weighted by molar-refractivity contribution is 5.94. The molecule has 4 nitrogen and oxygen atoms in total. The number of hydrogen-bond donors (Lipinski definition) is 1. The van der Waals surface area contributed by atoms with Gasteiger partial charge < -0.3 is 4.74 Å². The molecule has 2 aromatic carbocycles. The molecule has 0 bridgehead atoms. The zero-order valence-corrected chi connectivity index (χ0v) is 12.7. The van der Waals surface area contributed by atoms with Gasteiger partial charge in [-0.05, 0) is 54.8 Å². The average Bonchev–Trinajstić information content (AvgIpc) is 2.51. The summed E-state index contributed by atoms with van der Waals surface area (Å²) in [6.45, 7) is 0.479. The van der Waals surface area contributed by atoms with E-state index in [9.17, 15) is 13.6 Å². The number of nitrogens with zero attached hydrogens (tertiary/aromatic N) is 1. The molecule has 0 aliphatic carbocycles. The number of aryl methyl sites for hydroxylation is 2. The number of nitrogens with one attached hydrogen (secondary N) is 1. The predicted molar refractivity (Wildman–Crippen MR) is 84.1 cm³/mol. The second-order valence-corrected chi connectivity index (χ2v) is 4.93. The highest BCUT2D eigenvalue weighted by atomic mass is 19.3. The van der Waals surface area contributed by atoms with E-state index < -0.39 is 6.61 Å². The highest BCUT2D eigenvalue weighted by Crippen LogP contribution is 2.25. The van der Waals surface area contributed by atoms with Crippen molar-refractivity contribution >= 4 is 12.1 Å². The van der Waals surface area contributed by atoms with E-state index in [2.05, 4.69) is 15.3 Å². The maximum absolute atomic E-state index is 12.3. The van der Waals surface area contributed by atoms with Gasteiger partial charge in [-0.2, -0.15) is 13.9 Å². The summed E-state index contributed by atoms with van der Waals surface area (Å²) in [5, 5.41) is 3.88. The van der Waals surface area contributed by atoms with Crippen LogP contribution in [0.4, 0.5) is 8.78 Å². The third kappa shape index (κ3) is 4.60. The molecule has 6 heteroatoms.